The number of phenols is 1. The number of nitrogens with two attached hydrogens (primary N) is 1. The summed E-state index contributed by atoms with van der Waals surface area (Å²) in [7, 11) is 0. The van der Waals surface area contributed by atoms with Gasteiger partial charge in [-0.25, -0.2) is 5.01 Å². The molecular formula is C21H26N2O2. The van der Waals surface area contributed by atoms with Crippen molar-refractivity contribution in [2.75, 3.05) is 6.54 Å². The largest absolute Gasteiger partial charge is 0.508 e. The second-order valence-corrected chi connectivity index (χ2v) is 7.43. The lowest BCUT2D eigenvalue weighted by Crippen LogP contribution is -2.44. The predicted octanol–water partition coefficient (Wildman–Crippen LogP) is 3.59. The number of hydrazine groups is 1. The fraction of sp³-hybridized carbons (Fsp3) is 0.429. The SMILES string of the molecule is C[C@H]1Cc2cc(O)cc(C[C@@H]3CCCN(N)C3c3ccccc3)c2O1. The van der Waals surface area contributed by atoms with E-state index in [-0.39, 0.29) is 12.1 Å². The van der Waals surface area contributed by atoms with Crippen LogP contribution in [-0.2, 0) is 12.8 Å². The van der Waals surface area contributed by atoms with Gasteiger partial charge in [0.05, 0.1) is 6.04 Å². The lowest BCUT2D eigenvalue weighted by Gasteiger charge is -2.39. The van der Waals surface area contributed by atoms with E-state index < -0.39 is 0 Å². The van der Waals surface area contributed by atoms with E-state index in [0.717, 1.165) is 49.1 Å². The number of ether oxygens (including phenoxy) is 1. The van der Waals surface area contributed by atoms with Gasteiger partial charge in [0.2, 0.25) is 0 Å². The standard InChI is InChI=1S/C21H26N2O2/c1-14-10-17-12-19(24)13-18(21(17)25-14)11-16-8-5-9-23(22)20(16)15-6-3-2-4-7-15/h2-4,6-7,12-14,16,20,24H,5,8-11,22H2,1H3/t14-,16-,20?/m0/s1. The molecule has 1 saturated heterocycles. The molecule has 0 aromatic heterocycles. The number of phenolic OH excluding ortho intramolecular Hbond substituents is 1. The van der Waals surface area contributed by atoms with Gasteiger partial charge in [-0.3, -0.25) is 5.84 Å². The molecule has 2 aliphatic rings. The van der Waals surface area contributed by atoms with Gasteiger partial charge in [-0.05, 0) is 55.4 Å². The number of piperidine rings is 1. The Morgan fingerprint density at radius 1 is 1.24 bits per heavy atom. The highest BCUT2D eigenvalue weighted by Gasteiger charge is 2.33. The van der Waals surface area contributed by atoms with Gasteiger partial charge >= 0.3 is 0 Å². The van der Waals surface area contributed by atoms with Crippen molar-refractivity contribution in [2.45, 2.75) is 44.8 Å². The van der Waals surface area contributed by atoms with E-state index in [1.807, 2.05) is 23.2 Å². The van der Waals surface area contributed by atoms with E-state index in [2.05, 4.69) is 31.2 Å². The number of nitrogens with zero attached hydrogens (tertiary/aromatic N) is 1. The van der Waals surface area contributed by atoms with E-state index in [1.165, 1.54) is 5.56 Å². The van der Waals surface area contributed by atoms with E-state index in [4.69, 9.17) is 10.6 Å². The first-order valence-corrected chi connectivity index (χ1v) is 9.19. The van der Waals surface area contributed by atoms with Crippen molar-refractivity contribution in [3.8, 4) is 11.5 Å². The lowest BCUT2D eigenvalue weighted by atomic mass is 9.81. The summed E-state index contributed by atoms with van der Waals surface area (Å²) in [6.07, 6.45) is 4.15. The zero-order valence-corrected chi connectivity index (χ0v) is 14.7. The third-order valence-electron chi connectivity index (χ3n) is 5.47. The summed E-state index contributed by atoms with van der Waals surface area (Å²) in [5.41, 5.74) is 3.50. The zero-order valence-electron chi connectivity index (χ0n) is 14.7. The normalized spacial score (nSPS) is 26.2. The molecule has 0 spiro atoms. The van der Waals surface area contributed by atoms with Crippen LogP contribution in [0, 0.1) is 5.92 Å². The van der Waals surface area contributed by atoms with Crippen molar-refractivity contribution in [2.24, 2.45) is 11.8 Å². The first-order chi connectivity index (χ1) is 12.1. The number of benzene rings is 2. The zero-order chi connectivity index (χ0) is 17.4. The Labute approximate surface area is 149 Å². The van der Waals surface area contributed by atoms with E-state index in [0.29, 0.717) is 11.7 Å². The maximum absolute atomic E-state index is 10.1. The van der Waals surface area contributed by atoms with Crippen LogP contribution >= 0.6 is 0 Å². The quantitative estimate of drug-likeness (QED) is 0.840. The molecule has 2 aliphatic heterocycles. The van der Waals surface area contributed by atoms with Crippen molar-refractivity contribution < 1.29 is 9.84 Å². The van der Waals surface area contributed by atoms with Gasteiger partial charge < -0.3 is 9.84 Å². The number of rotatable bonds is 3. The maximum Gasteiger partial charge on any atom is 0.126 e. The van der Waals surface area contributed by atoms with Gasteiger partial charge in [-0.15, -0.1) is 0 Å². The van der Waals surface area contributed by atoms with Crippen molar-refractivity contribution in [1.29, 1.82) is 0 Å². The molecule has 0 amide bonds. The van der Waals surface area contributed by atoms with Crippen molar-refractivity contribution in [3.63, 3.8) is 0 Å². The van der Waals surface area contributed by atoms with Crippen LogP contribution in [0.5, 0.6) is 11.5 Å². The minimum Gasteiger partial charge on any atom is -0.508 e. The Morgan fingerprint density at radius 2 is 2.04 bits per heavy atom. The molecule has 0 bridgehead atoms. The Bertz CT molecular complexity index is 747. The average Bonchev–Trinajstić information content (AvgIpc) is 2.96. The van der Waals surface area contributed by atoms with Crippen molar-refractivity contribution in [3.05, 3.63) is 59.2 Å². The van der Waals surface area contributed by atoms with Gasteiger partial charge in [0.1, 0.15) is 17.6 Å². The highest BCUT2D eigenvalue weighted by Crippen LogP contribution is 2.41. The molecule has 132 valence electrons. The van der Waals surface area contributed by atoms with Crippen LogP contribution in [0.1, 0.15) is 42.5 Å². The van der Waals surface area contributed by atoms with Crippen LogP contribution in [0.3, 0.4) is 0 Å². The van der Waals surface area contributed by atoms with Crippen molar-refractivity contribution >= 4 is 0 Å². The summed E-state index contributed by atoms with van der Waals surface area (Å²) in [6, 6.07) is 14.4. The molecule has 4 nitrogen and oxygen atoms in total. The van der Waals surface area contributed by atoms with Gasteiger partial charge in [-0.1, -0.05) is 30.3 Å². The average molecular weight is 338 g/mol. The molecule has 1 unspecified atom stereocenters. The second-order valence-electron chi connectivity index (χ2n) is 7.43. The summed E-state index contributed by atoms with van der Waals surface area (Å²) < 4.78 is 6.05. The number of hydrogen-bond donors (Lipinski definition) is 2. The first kappa shape index (κ1) is 16.4. The minimum absolute atomic E-state index is 0.179. The first-order valence-electron chi connectivity index (χ1n) is 9.19. The number of fused-ring (bicyclic) bond motifs is 1. The molecule has 2 heterocycles. The molecule has 2 aromatic rings. The Kier molecular flexibility index (Phi) is 4.40. The summed E-state index contributed by atoms with van der Waals surface area (Å²) in [5, 5.41) is 12.1. The lowest BCUT2D eigenvalue weighted by molar-refractivity contribution is 0.0920. The van der Waals surface area contributed by atoms with Crippen LogP contribution in [0.4, 0.5) is 0 Å². The molecular weight excluding hydrogens is 312 g/mol. The second kappa shape index (κ2) is 6.70. The topological polar surface area (TPSA) is 58.7 Å². The summed E-state index contributed by atoms with van der Waals surface area (Å²) >= 11 is 0. The highest BCUT2D eigenvalue weighted by atomic mass is 16.5. The molecule has 2 aromatic carbocycles. The van der Waals surface area contributed by atoms with Gasteiger partial charge in [0.15, 0.2) is 0 Å². The molecule has 4 heteroatoms. The molecule has 1 fully saturated rings. The van der Waals surface area contributed by atoms with E-state index >= 15 is 0 Å². The Balaban J connectivity index is 1.65. The molecule has 4 rings (SSSR count). The molecule has 0 aliphatic carbocycles. The molecule has 3 N–H and O–H groups in total. The monoisotopic (exact) mass is 338 g/mol. The van der Waals surface area contributed by atoms with Crippen molar-refractivity contribution in [1.82, 2.24) is 5.01 Å². The fourth-order valence-electron chi connectivity index (χ4n) is 4.46. The van der Waals surface area contributed by atoms with E-state index in [9.17, 15) is 5.11 Å². The molecule has 0 saturated carbocycles. The van der Waals surface area contributed by atoms with Crippen LogP contribution < -0.4 is 10.6 Å². The van der Waals surface area contributed by atoms with Crippen LogP contribution in [0.2, 0.25) is 0 Å². The minimum atomic E-state index is 0.179. The third-order valence-corrected chi connectivity index (χ3v) is 5.47. The summed E-state index contributed by atoms with van der Waals surface area (Å²) in [6.45, 7) is 3.00. The predicted molar refractivity (Wildman–Crippen MR) is 98.4 cm³/mol. The fourth-order valence-corrected chi connectivity index (χ4v) is 4.46. The van der Waals surface area contributed by atoms with Crippen LogP contribution in [0.25, 0.3) is 0 Å². The molecule has 3 atom stereocenters. The highest BCUT2D eigenvalue weighted by molar-refractivity contribution is 5.49. The van der Waals surface area contributed by atoms with Crippen LogP contribution in [0.15, 0.2) is 42.5 Å². The van der Waals surface area contributed by atoms with Gasteiger partial charge in [0, 0.05) is 18.5 Å². The van der Waals surface area contributed by atoms with Crippen LogP contribution in [-0.4, -0.2) is 22.8 Å². The van der Waals surface area contributed by atoms with E-state index in [1.54, 1.807) is 0 Å². The summed E-state index contributed by atoms with van der Waals surface area (Å²) in [4.78, 5) is 0. The van der Waals surface area contributed by atoms with Gasteiger partial charge in [-0.2, -0.15) is 0 Å². The Hall–Kier alpha value is -2.04. The smallest absolute Gasteiger partial charge is 0.126 e. The maximum atomic E-state index is 10.1. The molecule has 0 radical (unpaired) electrons. The third kappa shape index (κ3) is 3.24. The number of aromatic hydroxyl groups is 1. The van der Waals surface area contributed by atoms with Gasteiger partial charge in [0.25, 0.3) is 0 Å². The number of hydrogen-bond acceptors (Lipinski definition) is 4. The Morgan fingerprint density at radius 3 is 2.84 bits per heavy atom. The molecule has 25 heavy (non-hydrogen) atoms. The summed E-state index contributed by atoms with van der Waals surface area (Å²) in [5.74, 6) is 8.10.